The summed E-state index contributed by atoms with van der Waals surface area (Å²) in [5, 5.41) is 2.81. The summed E-state index contributed by atoms with van der Waals surface area (Å²) in [4.78, 5) is 41.7. The molecule has 9 heteroatoms. The molecule has 1 aliphatic rings. The summed E-state index contributed by atoms with van der Waals surface area (Å²) in [7, 11) is 3.48. The molecule has 0 radical (unpaired) electrons. The molecule has 1 N–H and O–H groups in total. The van der Waals surface area contributed by atoms with E-state index in [1.807, 2.05) is 48.9 Å². The van der Waals surface area contributed by atoms with Crippen LogP contribution in [0.5, 0.6) is 5.75 Å². The number of para-hydroxylation sites is 1. The lowest BCUT2D eigenvalue weighted by Crippen LogP contribution is -2.51. The van der Waals surface area contributed by atoms with E-state index in [2.05, 4.69) is 10.3 Å². The minimum Gasteiger partial charge on any atom is -0.494 e. The number of nitrogens with zero attached hydrogens (tertiary/aromatic N) is 3. The number of ether oxygens (including phenoxy) is 1. The molecule has 1 fully saturated rings. The van der Waals surface area contributed by atoms with Gasteiger partial charge in [-0.3, -0.25) is 19.7 Å². The number of carbonyl (C=O) groups is 3. The number of imide groups is 1. The lowest BCUT2D eigenvalue weighted by Gasteiger charge is -2.30. The van der Waals surface area contributed by atoms with Crippen LogP contribution in [-0.2, 0) is 28.0 Å². The van der Waals surface area contributed by atoms with E-state index in [1.165, 1.54) is 4.90 Å². The highest BCUT2D eigenvalue weighted by atomic mass is 35.5. The van der Waals surface area contributed by atoms with Gasteiger partial charge >= 0.3 is 0 Å². The maximum absolute atomic E-state index is 12.3. The summed E-state index contributed by atoms with van der Waals surface area (Å²) in [6.07, 6.45) is 2.90. The topological polar surface area (TPSA) is 93.5 Å². The van der Waals surface area contributed by atoms with Crippen LogP contribution < -0.4 is 10.1 Å². The molecule has 2 aromatic carbocycles. The zero-order valence-electron chi connectivity index (χ0n) is 19.2. The van der Waals surface area contributed by atoms with Gasteiger partial charge in [0.1, 0.15) is 11.8 Å². The van der Waals surface area contributed by atoms with Crippen LogP contribution in [0.2, 0.25) is 5.02 Å². The van der Waals surface area contributed by atoms with Crippen LogP contribution in [0.1, 0.15) is 24.0 Å². The summed E-state index contributed by atoms with van der Waals surface area (Å²) >= 11 is 6.36. The van der Waals surface area contributed by atoms with Crippen molar-refractivity contribution < 1.29 is 19.1 Å². The summed E-state index contributed by atoms with van der Waals surface area (Å²) in [6.45, 7) is 2.18. The highest BCUT2D eigenvalue weighted by Crippen LogP contribution is 2.40. The SMILES string of the molecule is COc1c(Cl)cccc1-c1c(-c2ccc(C)c(CN(C=O)C3CCC(=O)NC3=O)c2)ncn1C. The van der Waals surface area contributed by atoms with E-state index < -0.39 is 11.9 Å². The highest BCUT2D eigenvalue weighted by Gasteiger charge is 2.31. The molecule has 3 amide bonds. The molecule has 176 valence electrons. The lowest BCUT2D eigenvalue weighted by atomic mass is 9.98. The molecule has 4 rings (SSSR count). The maximum Gasteiger partial charge on any atom is 0.249 e. The fraction of sp³-hybridized carbons (Fsp3) is 0.280. The number of hydrogen-bond donors (Lipinski definition) is 1. The average Bonchev–Trinajstić information content (AvgIpc) is 3.20. The van der Waals surface area contributed by atoms with Crippen LogP contribution in [0.15, 0.2) is 42.7 Å². The van der Waals surface area contributed by atoms with Crippen molar-refractivity contribution in [2.75, 3.05) is 7.11 Å². The van der Waals surface area contributed by atoms with Crippen LogP contribution in [0.25, 0.3) is 22.5 Å². The molecule has 3 aromatic rings. The number of halogens is 1. The zero-order chi connectivity index (χ0) is 24.4. The predicted molar refractivity (Wildman–Crippen MR) is 128 cm³/mol. The van der Waals surface area contributed by atoms with E-state index in [9.17, 15) is 14.4 Å². The van der Waals surface area contributed by atoms with Crippen LogP contribution in [0.3, 0.4) is 0 Å². The molecule has 1 aromatic heterocycles. The number of methoxy groups -OCH3 is 1. The van der Waals surface area contributed by atoms with Crippen LogP contribution >= 0.6 is 11.6 Å². The van der Waals surface area contributed by atoms with Gasteiger partial charge in [0.15, 0.2) is 0 Å². The van der Waals surface area contributed by atoms with E-state index in [4.69, 9.17) is 16.3 Å². The number of aryl methyl sites for hydroxylation is 2. The summed E-state index contributed by atoms with van der Waals surface area (Å²) in [5.41, 5.74) is 5.09. The molecule has 0 aliphatic carbocycles. The van der Waals surface area contributed by atoms with Gasteiger partial charge < -0.3 is 14.2 Å². The first-order chi connectivity index (χ1) is 16.3. The van der Waals surface area contributed by atoms with E-state index in [-0.39, 0.29) is 18.9 Å². The number of aromatic nitrogens is 2. The normalized spacial score (nSPS) is 15.7. The Hall–Kier alpha value is -3.65. The minimum absolute atomic E-state index is 0.207. The Morgan fingerprint density at radius 3 is 2.79 bits per heavy atom. The fourth-order valence-electron chi connectivity index (χ4n) is 4.27. The Balaban J connectivity index is 1.72. The molecule has 1 aliphatic heterocycles. The van der Waals surface area contributed by atoms with E-state index in [0.29, 0.717) is 23.6 Å². The van der Waals surface area contributed by atoms with Crippen molar-refractivity contribution in [2.24, 2.45) is 7.05 Å². The first-order valence-electron chi connectivity index (χ1n) is 10.8. The molecule has 34 heavy (non-hydrogen) atoms. The maximum atomic E-state index is 12.3. The van der Waals surface area contributed by atoms with Gasteiger partial charge in [0, 0.05) is 31.1 Å². The Morgan fingerprint density at radius 1 is 1.29 bits per heavy atom. The molecule has 0 bridgehead atoms. The Bertz CT molecular complexity index is 1270. The van der Waals surface area contributed by atoms with Gasteiger partial charge in [-0.1, -0.05) is 29.8 Å². The van der Waals surface area contributed by atoms with Gasteiger partial charge in [-0.2, -0.15) is 0 Å². The average molecular weight is 481 g/mol. The number of carbonyl (C=O) groups excluding carboxylic acids is 3. The first kappa shape index (κ1) is 23.5. The number of amides is 3. The number of rotatable bonds is 7. The Kier molecular flexibility index (Phi) is 6.70. The van der Waals surface area contributed by atoms with Crippen molar-refractivity contribution in [3.63, 3.8) is 0 Å². The molecule has 1 atom stereocenters. The monoisotopic (exact) mass is 480 g/mol. The summed E-state index contributed by atoms with van der Waals surface area (Å²) in [5.74, 6) is -0.201. The van der Waals surface area contributed by atoms with Gasteiger partial charge in [0.2, 0.25) is 18.2 Å². The van der Waals surface area contributed by atoms with Crippen molar-refractivity contribution in [2.45, 2.75) is 32.4 Å². The standard InChI is InChI=1S/C25H25ClN4O4/c1-15-7-8-16(11-17(15)12-30(14-31)20-9-10-21(32)28-25(20)33)22-23(29(2)13-27-22)18-5-4-6-19(26)24(18)34-3/h4-8,11,13-14,20H,9-10,12H2,1-3H3,(H,28,32,33). The minimum atomic E-state index is -0.681. The van der Waals surface area contributed by atoms with E-state index >= 15 is 0 Å². The molecule has 8 nitrogen and oxygen atoms in total. The number of benzene rings is 2. The second kappa shape index (κ2) is 9.69. The van der Waals surface area contributed by atoms with Crippen LogP contribution in [0, 0.1) is 6.92 Å². The van der Waals surface area contributed by atoms with Gasteiger partial charge in [-0.15, -0.1) is 0 Å². The predicted octanol–water partition coefficient (Wildman–Crippen LogP) is 3.49. The molecule has 1 unspecified atom stereocenters. The molecule has 2 heterocycles. The van der Waals surface area contributed by atoms with E-state index in [1.54, 1.807) is 19.5 Å². The number of nitrogens with one attached hydrogen (secondary N) is 1. The third kappa shape index (κ3) is 4.41. The number of piperidine rings is 1. The second-order valence-corrected chi connectivity index (χ2v) is 8.67. The third-order valence-electron chi connectivity index (χ3n) is 6.08. The van der Waals surface area contributed by atoms with Crippen molar-refractivity contribution >= 4 is 29.8 Å². The summed E-state index contributed by atoms with van der Waals surface area (Å²) in [6, 6.07) is 10.8. The third-order valence-corrected chi connectivity index (χ3v) is 6.38. The van der Waals surface area contributed by atoms with Gasteiger partial charge in [-0.05, 0) is 42.7 Å². The van der Waals surface area contributed by atoms with Crippen molar-refractivity contribution in [3.8, 4) is 28.3 Å². The van der Waals surface area contributed by atoms with E-state index in [0.717, 1.165) is 33.6 Å². The van der Waals surface area contributed by atoms with Gasteiger partial charge in [0.25, 0.3) is 0 Å². The van der Waals surface area contributed by atoms with Gasteiger partial charge in [0.05, 0.1) is 29.8 Å². The second-order valence-electron chi connectivity index (χ2n) is 8.26. The smallest absolute Gasteiger partial charge is 0.249 e. The van der Waals surface area contributed by atoms with Crippen molar-refractivity contribution in [1.82, 2.24) is 19.8 Å². The quantitative estimate of drug-likeness (QED) is 0.412. The molecule has 0 saturated carbocycles. The number of hydrogen-bond acceptors (Lipinski definition) is 5. The van der Waals surface area contributed by atoms with Crippen LogP contribution in [0.4, 0.5) is 0 Å². The molecule has 0 spiro atoms. The van der Waals surface area contributed by atoms with Gasteiger partial charge in [-0.25, -0.2) is 4.98 Å². The zero-order valence-corrected chi connectivity index (χ0v) is 19.9. The largest absolute Gasteiger partial charge is 0.494 e. The lowest BCUT2D eigenvalue weighted by molar-refractivity contribution is -0.141. The van der Waals surface area contributed by atoms with Crippen molar-refractivity contribution in [1.29, 1.82) is 0 Å². The Morgan fingerprint density at radius 2 is 2.09 bits per heavy atom. The first-order valence-corrected chi connectivity index (χ1v) is 11.2. The van der Waals surface area contributed by atoms with Crippen LogP contribution in [-0.4, -0.2) is 45.8 Å². The number of imidazole rings is 1. The molecular formula is C25H25ClN4O4. The molecule has 1 saturated heterocycles. The van der Waals surface area contributed by atoms with Crippen molar-refractivity contribution in [3.05, 3.63) is 58.9 Å². The fourth-order valence-corrected chi connectivity index (χ4v) is 4.52. The summed E-state index contributed by atoms with van der Waals surface area (Å²) < 4.78 is 7.47. The Labute approximate surface area is 202 Å². The molecular weight excluding hydrogens is 456 g/mol. The highest BCUT2D eigenvalue weighted by molar-refractivity contribution is 6.32.